The molecule has 0 unspecified atom stereocenters. The molecule has 120 valence electrons. The van der Waals surface area contributed by atoms with E-state index in [1.165, 1.54) is 11.3 Å². The molecule has 8 heteroatoms. The summed E-state index contributed by atoms with van der Waals surface area (Å²) >= 11 is 1.24. The predicted octanol–water partition coefficient (Wildman–Crippen LogP) is 1.79. The number of aliphatic imine (C=N–C) groups is 1. The normalized spacial score (nSPS) is 12.5. The van der Waals surface area contributed by atoms with Crippen molar-refractivity contribution in [3.63, 3.8) is 0 Å². The smallest absolute Gasteiger partial charge is 0.320 e. The topological polar surface area (TPSA) is 104 Å². The minimum absolute atomic E-state index is 0.127. The van der Waals surface area contributed by atoms with Crippen molar-refractivity contribution in [3.8, 4) is 0 Å². The molecule has 2 N–H and O–H groups in total. The summed E-state index contributed by atoms with van der Waals surface area (Å²) in [6, 6.07) is 2.07. The van der Waals surface area contributed by atoms with Gasteiger partial charge < -0.3 is 10.8 Å². The highest BCUT2D eigenvalue weighted by molar-refractivity contribution is 7.21. The minimum atomic E-state index is -0.451. The zero-order valence-electron chi connectivity index (χ0n) is 13.3. The summed E-state index contributed by atoms with van der Waals surface area (Å²) in [5, 5.41) is 17.0. The first-order valence-corrected chi connectivity index (χ1v) is 7.99. The number of aryl methyl sites for hydroxylation is 2. The van der Waals surface area contributed by atoms with E-state index >= 15 is 0 Å². The molecule has 0 fully saturated rings. The third-order valence-electron chi connectivity index (χ3n) is 3.57. The lowest BCUT2D eigenvalue weighted by Crippen LogP contribution is -2.36. The summed E-state index contributed by atoms with van der Waals surface area (Å²) in [5.41, 5.74) is 8.46. The van der Waals surface area contributed by atoms with E-state index in [-0.39, 0.29) is 11.9 Å². The highest BCUT2D eigenvalue weighted by Gasteiger charge is 2.16. The Bertz CT molecular complexity index is 910. The number of anilines is 1. The van der Waals surface area contributed by atoms with Gasteiger partial charge >= 0.3 is 5.88 Å². The van der Waals surface area contributed by atoms with Crippen molar-refractivity contribution < 1.29 is 14.3 Å². The molecule has 3 aromatic rings. The fraction of sp³-hybridized carbons (Fsp3) is 0.333. The van der Waals surface area contributed by atoms with E-state index in [0.29, 0.717) is 10.6 Å². The molecule has 0 atom stereocenters. The Morgan fingerprint density at radius 3 is 2.83 bits per heavy atom. The Hall–Kier alpha value is -2.48. The molecule has 3 heterocycles. The second-order valence-corrected chi connectivity index (χ2v) is 6.62. The molecule has 0 bridgehead atoms. The lowest BCUT2D eigenvalue weighted by Gasteiger charge is -2.06. The molecule has 3 rings (SSSR count). The number of pyridine rings is 1. The molecule has 0 radical (unpaired) electrons. The number of nitrogens with zero attached hydrogens (tertiary/aromatic N) is 4. The van der Waals surface area contributed by atoms with Crippen LogP contribution in [0.25, 0.3) is 10.2 Å². The summed E-state index contributed by atoms with van der Waals surface area (Å²) in [5.74, 6) is -0.297. The quantitative estimate of drug-likeness (QED) is 0.447. The Balaban J connectivity index is 2.04. The van der Waals surface area contributed by atoms with Crippen LogP contribution in [0, 0.1) is 13.8 Å². The van der Waals surface area contributed by atoms with Gasteiger partial charge in [-0.05, 0) is 44.0 Å². The average Bonchev–Trinajstić information content (AvgIpc) is 3.06. The van der Waals surface area contributed by atoms with Crippen LogP contribution in [0.3, 0.4) is 0 Å². The van der Waals surface area contributed by atoms with Crippen molar-refractivity contribution in [1.29, 1.82) is 0 Å². The van der Waals surface area contributed by atoms with Gasteiger partial charge in [-0.15, -0.1) is 11.3 Å². The van der Waals surface area contributed by atoms with E-state index in [2.05, 4.69) is 15.2 Å². The SMILES string of the molecule is Cc1cc2c(N)c(/C([O-])=N/c3c[n+](C(C)C)no3)sc2nc1C. The Morgan fingerprint density at radius 2 is 2.17 bits per heavy atom. The highest BCUT2D eigenvalue weighted by Crippen LogP contribution is 2.33. The summed E-state index contributed by atoms with van der Waals surface area (Å²) in [7, 11) is 0. The van der Waals surface area contributed by atoms with Crippen LogP contribution in [-0.2, 0) is 0 Å². The maximum atomic E-state index is 12.4. The molecule has 0 aliphatic rings. The molecular formula is C15H17N5O2S. The second kappa shape index (κ2) is 5.62. The molecule has 0 amide bonds. The van der Waals surface area contributed by atoms with Crippen LogP contribution in [0.2, 0.25) is 0 Å². The fourth-order valence-corrected chi connectivity index (χ4v) is 3.09. The number of aromatic nitrogens is 3. The lowest BCUT2D eigenvalue weighted by atomic mass is 10.2. The van der Waals surface area contributed by atoms with Gasteiger partial charge in [0.1, 0.15) is 4.83 Å². The number of nitrogens with two attached hydrogens (primary N) is 1. The molecular weight excluding hydrogens is 314 g/mol. The summed E-state index contributed by atoms with van der Waals surface area (Å²) in [4.78, 5) is 9.53. The van der Waals surface area contributed by atoms with Crippen molar-refractivity contribution >= 4 is 39.0 Å². The number of nitrogen functional groups attached to an aromatic ring is 1. The van der Waals surface area contributed by atoms with E-state index < -0.39 is 5.90 Å². The van der Waals surface area contributed by atoms with E-state index in [0.717, 1.165) is 21.5 Å². The first kappa shape index (κ1) is 15.4. The van der Waals surface area contributed by atoms with Gasteiger partial charge in [0, 0.05) is 17.0 Å². The predicted molar refractivity (Wildman–Crippen MR) is 86.8 cm³/mol. The Kier molecular flexibility index (Phi) is 3.77. The van der Waals surface area contributed by atoms with Gasteiger partial charge in [0.25, 0.3) is 6.20 Å². The van der Waals surface area contributed by atoms with Crippen LogP contribution < -0.4 is 15.5 Å². The largest absolute Gasteiger partial charge is 0.857 e. The Morgan fingerprint density at radius 1 is 1.43 bits per heavy atom. The molecule has 3 aromatic heterocycles. The van der Waals surface area contributed by atoms with Crippen molar-refractivity contribution in [2.75, 3.05) is 5.73 Å². The maximum absolute atomic E-state index is 12.4. The molecule has 0 saturated heterocycles. The molecule has 0 aliphatic heterocycles. The minimum Gasteiger partial charge on any atom is -0.857 e. The number of hydrogen-bond donors (Lipinski definition) is 1. The van der Waals surface area contributed by atoms with E-state index in [1.54, 1.807) is 10.9 Å². The first-order chi connectivity index (χ1) is 10.9. The van der Waals surface area contributed by atoms with Crippen molar-refractivity contribution in [2.24, 2.45) is 4.99 Å². The lowest BCUT2D eigenvalue weighted by molar-refractivity contribution is -0.779. The van der Waals surface area contributed by atoms with Gasteiger partial charge in [-0.25, -0.2) is 9.98 Å². The van der Waals surface area contributed by atoms with Crippen molar-refractivity contribution in [1.82, 2.24) is 10.3 Å². The summed E-state index contributed by atoms with van der Waals surface area (Å²) in [6.07, 6.45) is 1.58. The van der Waals surface area contributed by atoms with Crippen LogP contribution in [0.5, 0.6) is 0 Å². The maximum Gasteiger partial charge on any atom is 0.320 e. The molecule has 7 nitrogen and oxygen atoms in total. The van der Waals surface area contributed by atoms with Gasteiger partial charge in [0.05, 0.1) is 10.6 Å². The number of hydrogen-bond acceptors (Lipinski definition) is 7. The van der Waals surface area contributed by atoms with Crippen LogP contribution >= 0.6 is 11.3 Å². The van der Waals surface area contributed by atoms with Crippen LogP contribution in [0.15, 0.2) is 21.8 Å². The van der Waals surface area contributed by atoms with Crippen LogP contribution in [0.4, 0.5) is 11.6 Å². The number of fused-ring (bicyclic) bond motifs is 1. The van der Waals surface area contributed by atoms with Crippen molar-refractivity contribution in [2.45, 2.75) is 33.7 Å². The van der Waals surface area contributed by atoms with Gasteiger partial charge in [-0.2, -0.15) is 0 Å². The van der Waals surface area contributed by atoms with E-state index in [9.17, 15) is 5.11 Å². The summed E-state index contributed by atoms with van der Waals surface area (Å²) < 4.78 is 6.64. The standard InChI is InChI=1S/C15H17N5O2S/c1-7(2)20-6-11(22-19-20)18-14(21)13-12(16)10-5-8(3)9(4)17-15(10)23-13/h5-7H,1-4H3,(H2-,16,18,19,21). The molecule has 23 heavy (non-hydrogen) atoms. The van der Waals surface area contributed by atoms with Crippen LogP contribution in [0.1, 0.15) is 36.0 Å². The first-order valence-electron chi connectivity index (χ1n) is 7.17. The van der Waals surface area contributed by atoms with Gasteiger partial charge in [0.2, 0.25) is 5.27 Å². The zero-order valence-corrected chi connectivity index (χ0v) is 14.1. The monoisotopic (exact) mass is 331 g/mol. The summed E-state index contributed by atoms with van der Waals surface area (Å²) in [6.45, 7) is 7.79. The highest BCUT2D eigenvalue weighted by atomic mass is 32.1. The van der Waals surface area contributed by atoms with Crippen LogP contribution in [-0.4, -0.2) is 16.2 Å². The third-order valence-corrected chi connectivity index (χ3v) is 4.67. The van der Waals surface area contributed by atoms with E-state index in [4.69, 9.17) is 10.3 Å². The van der Waals surface area contributed by atoms with Gasteiger partial charge in [-0.1, -0.05) is 0 Å². The zero-order chi connectivity index (χ0) is 16.7. The van der Waals surface area contributed by atoms with Gasteiger partial charge in [0.15, 0.2) is 6.04 Å². The van der Waals surface area contributed by atoms with Gasteiger partial charge in [-0.3, -0.25) is 4.52 Å². The average molecular weight is 331 g/mol. The second-order valence-electron chi connectivity index (χ2n) is 5.62. The molecule has 0 saturated carbocycles. The Labute approximate surface area is 137 Å². The molecule has 0 aromatic carbocycles. The molecule has 0 aliphatic carbocycles. The van der Waals surface area contributed by atoms with Crippen molar-refractivity contribution in [3.05, 3.63) is 28.4 Å². The number of rotatable bonds is 3. The third kappa shape index (κ3) is 2.77. The molecule has 0 spiro atoms. The number of thiophene rings is 1. The van der Waals surface area contributed by atoms with E-state index in [1.807, 2.05) is 33.8 Å². The fourth-order valence-electron chi connectivity index (χ4n) is 2.08.